The molecule has 0 saturated carbocycles. The Morgan fingerprint density at radius 2 is 1.03 bits per heavy atom. The summed E-state index contributed by atoms with van der Waals surface area (Å²) >= 11 is 0. The first-order valence-corrected chi connectivity index (χ1v) is 12.8. The van der Waals surface area contributed by atoms with E-state index in [-0.39, 0.29) is 0 Å². The second-order valence-electron chi connectivity index (χ2n) is 8.32. The van der Waals surface area contributed by atoms with E-state index >= 15 is 4.57 Å². The van der Waals surface area contributed by atoms with Crippen molar-refractivity contribution in [2.24, 2.45) is 4.99 Å². The zero-order valence-electron chi connectivity index (χ0n) is 19.6. The second kappa shape index (κ2) is 9.60. The molecule has 4 aromatic rings. The molecule has 0 aliphatic rings. The zero-order chi connectivity index (χ0) is 23.4. The number of para-hydroxylation sites is 2. The molecule has 0 bridgehead atoms. The molecule has 4 rings (SSSR count). The highest BCUT2D eigenvalue weighted by Gasteiger charge is 2.35. The molecule has 4 heteroatoms. The predicted molar refractivity (Wildman–Crippen MR) is 142 cm³/mol. The summed E-state index contributed by atoms with van der Waals surface area (Å²) in [5, 5.41) is 1.54. The van der Waals surface area contributed by atoms with Crippen LogP contribution in [0.4, 0.5) is 11.4 Å². The van der Waals surface area contributed by atoms with Gasteiger partial charge in [0.05, 0.1) is 11.4 Å². The number of aryl methyl sites for hydroxylation is 4. The van der Waals surface area contributed by atoms with Crippen LogP contribution in [-0.2, 0) is 4.57 Å². The second-order valence-corrected chi connectivity index (χ2v) is 10.9. The summed E-state index contributed by atoms with van der Waals surface area (Å²) < 4.78 is 17.2. The number of anilines is 1. The fourth-order valence-corrected chi connectivity index (χ4v) is 6.96. The molecule has 0 atom stereocenters. The summed E-state index contributed by atoms with van der Waals surface area (Å²) in [6, 6.07) is 31.7. The van der Waals surface area contributed by atoms with E-state index in [2.05, 4.69) is 52.0 Å². The molecule has 0 saturated heterocycles. The first-order valence-electron chi connectivity index (χ1n) is 11.1. The minimum Gasteiger partial charge on any atom is -0.289 e. The topological polar surface area (TPSA) is 32.7 Å². The van der Waals surface area contributed by atoms with Crippen molar-refractivity contribution in [3.63, 3.8) is 0 Å². The fourth-order valence-electron chi connectivity index (χ4n) is 4.22. The molecule has 0 heterocycles. The van der Waals surface area contributed by atoms with E-state index in [1.165, 1.54) is 0 Å². The lowest BCUT2D eigenvalue weighted by Gasteiger charge is -2.33. The lowest BCUT2D eigenvalue weighted by atomic mass is 10.1. The van der Waals surface area contributed by atoms with Gasteiger partial charge in [-0.15, -0.1) is 0 Å². The minimum atomic E-state index is -3.29. The first-order chi connectivity index (χ1) is 15.9. The Morgan fingerprint density at radius 1 is 0.606 bits per heavy atom. The molecule has 4 aromatic carbocycles. The highest BCUT2D eigenvalue weighted by molar-refractivity contribution is 7.80. The highest BCUT2D eigenvalue weighted by Crippen LogP contribution is 2.51. The fraction of sp³-hybridized carbons (Fsp3) is 0.138. The third kappa shape index (κ3) is 4.42. The number of aliphatic imine (C=N–C) groups is 1. The van der Waals surface area contributed by atoms with E-state index < -0.39 is 7.29 Å². The Kier molecular flexibility index (Phi) is 6.62. The number of hydrogen-bond acceptors (Lipinski definition) is 2. The Labute approximate surface area is 196 Å². The summed E-state index contributed by atoms with van der Waals surface area (Å²) in [5.41, 5.74) is 6.10. The Balaban J connectivity index is 2.02. The van der Waals surface area contributed by atoms with Crippen LogP contribution in [0.3, 0.4) is 0 Å². The molecule has 0 fully saturated rings. The quantitative estimate of drug-likeness (QED) is 0.179. The average Bonchev–Trinajstić information content (AvgIpc) is 2.83. The van der Waals surface area contributed by atoms with Gasteiger partial charge in [0, 0.05) is 10.6 Å². The van der Waals surface area contributed by atoms with Gasteiger partial charge in [0.2, 0.25) is 7.29 Å². The van der Waals surface area contributed by atoms with Crippen LogP contribution in [-0.4, -0.2) is 6.34 Å². The third-order valence-electron chi connectivity index (χ3n) is 5.92. The van der Waals surface area contributed by atoms with Gasteiger partial charge in [-0.2, -0.15) is 0 Å². The van der Waals surface area contributed by atoms with E-state index in [4.69, 9.17) is 4.99 Å². The summed E-state index contributed by atoms with van der Waals surface area (Å²) in [6.07, 6.45) is 1.77. The molecule has 0 aliphatic heterocycles. The van der Waals surface area contributed by atoms with Crippen LogP contribution in [0.1, 0.15) is 22.3 Å². The molecule has 0 N–H and O–H groups in total. The van der Waals surface area contributed by atoms with Gasteiger partial charge >= 0.3 is 0 Å². The van der Waals surface area contributed by atoms with Gasteiger partial charge in [-0.05, 0) is 74.2 Å². The molecule has 0 amide bonds. The number of benzene rings is 4. The number of hydrogen-bond donors (Lipinski definition) is 0. The molecule has 3 nitrogen and oxygen atoms in total. The van der Waals surface area contributed by atoms with Crippen LogP contribution in [0.5, 0.6) is 0 Å². The molecular weight excluding hydrogens is 423 g/mol. The largest absolute Gasteiger partial charge is 0.289 e. The van der Waals surface area contributed by atoms with Crippen molar-refractivity contribution in [3.05, 3.63) is 119 Å². The van der Waals surface area contributed by atoms with E-state index in [0.29, 0.717) is 0 Å². The third-order valence-corrected chi connectivity index (χ3v) is 8.83. The SMILES string of the molecule is Cc1cccc(C)c1N=CN(c1c(C)cccc1C)P(=O)(c1ccccc1)c1ccccc1. The molecule has 33 heavy (non-hydrogen) atoms. The lowest BCUT2D eigenvalue weighted by Crippen LogP contribution is -2.32. The monoisotopic (exact) mass is 452 g/mol. The van der Waals surface area contributed by atoms with Crippen molar-refractivity contribution in [1.82, 2.24) is 0 Å². The van der Waals surface area contributed by atoms with Gasteiger partial charge in [-0.25, -0.2) is 4.99 Å². The van der Waals surface area contributed by atoms with Crippen molar-refractivity contribution >= 4 is 35.6 Å². The molecule has 0 aliphatic carbocycles. The van der Waals surface area contributed by atoms with Crippen molar-refractivity contribution in [3.8, 4) is 0 Å². The van der Waals surface area contributed by atoms with E-state index in [1.54, 1.807) is 6.34 Å². The average molecular weight is 453 g/mol. The van der Waals surface area contributed by atoms with Crippen LogP contribution in [0.25, 0.3) is 0 Å². The molecule has 166 valence electrons. The maximum atomic E-state index is 15.2. The van der Waals surface area contributed by atoms with Gasteiger partial charge in [0.15, 0.2) is 0 Å². The number of nitrogens with zero attached hydrogens (tertiary/aromatic N) is 2. The summed E-state index contributed by atoms with van der Waals surface area (Å²) in [7, 11) is -3.29. The molecule has 0 spiro atoms. The predicted octanol–water partition coefficient (Wildman–Crippen LogP) is 7.02. The Hall–Kier alpha value is -3.42. The summed E-state index contributed by atoms with van der Waals surface area (Å²) in [6.45, 7) is 8.22. The van der Waals surface area contributed by atoms with Crippen molar-refractivity contribution in [2.45, 2.75) is 27.7 Å². The van der Waals surface area contributed by atoms with Gasteiger partial charge in [0.1, 0.15) is 6.34 Å². The van der Waals surface area contributed by atoms with Crippen LogP contribution >= 0.6 is 7.29 Å². The molecular formula is C29H29N2OP. The Bertz CT molecular complexity index is 1250. The van der Waals surface area contributed by atoms with Gasteiger partial charge in [0.25, 0.3) is 0 Å². The van der Waals surface area contributed by atoms with Crippen LogP contribution in [0.15, 0.2) is 102 Å². The van der Waals surface area contributed by atoms with Crippen LogP contribution in [0.2, 0.25) is 0 Å². The minimum absolute atomic E-state index is 0.770. The van der Waals surface area contributed by atoms with Gasteiger partial charge in [-0.3, -0.25) is 9.24 Å². The van der Waals surface area contributed by atoms with Crippen molar-refractivity contribution in [1.29, 1.82) is 0 Å². The van der Waals surface area contributed by atoms with Crippen molar-refractivity contribution < 1.29 is 4.57 Å². The van der Waals surface area contributed by atoms with Crippen LogP contribution < -0.4 is 15.3 Å². The normalized spacial score (nSPS) is 11.6. The smallest absolute Gasteiger partial charge is 0.234 e. The zero-order valence-corrected chi connectivity index (χ0v) is 20.5. The summed E-state index contributed by atoms with van der Waals surface area (Å²) in [4.78, 5) is 4.91. The van der Waals surface area contributed by atoms with E-state index in [0.717, 1.165) is 44.2 Å². The lowest BCUT2D eigenvalue weighted by molar-refractivity contribution is 0.587. The molecule has 0 radical (unpaired) electrons. The van der Waals surface area contributed by atoms with Gasteiger partial charge < -0.3 is 0 Å². The summed E-state index contributed by atoms with van der Waals surface area (Å²) in [5.74, 6) is 0. The first kappa shape index (κ1) is 22.8. The number of rotatable bonds is 6. The van der Waals surface area contributed by atoms with Crippen molar-refractivity contribution in [2.75, 3.05) is 4.67 Å². The van der Waals surface area contributed by atoms with Crippen LogP contribution in [0, 0.1) is 27.7 Å². The maximum Gasteiger partial charge on any atom is 0.234 e. The molecule has 0 unspecified atom stereocenters. The van der Waals surface area contributed by atoms with E-state index in [9.17, 15) is 0 Å². The highest BCUT2D eigenvalue weighted by atomic mass is 31.2. The molecule has 0 aromatic heterocycles. The Morgan fingerprint density at radius 3 is 1.48 bits per heavy atom. The van der Waals surface area contributed by atoms with Gasteiger partial charge in [-0.1, -0.05) is 72.8 Å². The van der Waals surface area contributed by atoms with E-state index in [1.807, 2.05) is 77.5 Å². The maximum absolute atomic E-state index is 15.2. The standard InChI is InChI=1S/C29H29N2OP/c1-22-13-11-14-23(2)28(22)30-21-31(29-24(3)15-12-16-25(29)4)33(32,26-17-7-5-8-18-26)27-19-9-6-10-20-27/h5-21H,1-4H3.